The largest absolute Gasteiger partial charge is 0.478 e. The Morgan fingerprint density at radius 1 is 0.667 bits per heavy atom. The van der Waals surface area contributed by atoms with Crippen LogP contribution < -0.4 is 0 Å². The van der Waals surface area contributed by atoms with Crippen LogP contribution in [0.15, 0.2) is 24.3 Å². The van der Waals surface area contributed by atoms with Crippen molar-refractivity contribution in [1.29, 1.82) is 0 Å². The molecular weight excluding hydrogens is 359 g/mol. The Bertz CT molecular complexity index is 902. The van der Waals surface area contributed by atoms with Crippen LogP contribution >= 0.6 is 23.2 Å². The fraction of sp³-hybridized carbons (Fsp3) is 0. The number of halogens is 2. The monoisotopic (exact) mass is 364 g/mol. The third-order valence-corrected chi connectivity index (χ3v) is 4.28. The van der Waals surface area contributed by atoms with Crippen LogP contribution in [0.4, 0.5) is 0 Å². The van der Waals surface area contributed by atoms with Gasteiger partial charge in [-0.1, -0.05) is 23.2 Å². The lowest BCUT2D eigenvalue weighted by Crippen LogP contribution is -2.22. The number of aromatic carboxylic acids is 2. The van der Waals surface area contributed by atoms with Crippen LogP contribution in [0.5, 0.6) is 0 Å². The molecule has 0 heterocycles. The Labute approximate surface area is 144 Å². The number of carbonyl (C=O) groups excluding carboxylic acids is 2. The molecule has 8 heteroatoms. The average Bonchev–Trinajstić information content (AvgIpc) is 2.51. The molecule has 3 rings (SSSR count). The van der Waals surface area contributed by atoms with Crippen molar-refractivity contribution in [3.05, 3.63) is 67.7 Å². The molecule has 2 aromatic carbocycles. The minimum absolute atomic E-state index is 0.0540. The summed E-state index contributed by atoms with van der Waals surface area (Å²) in [5.74, 6) is -3.96. The van der Waals surface area contributed by atoms with E-state index in [1.165, 1.54) is 0 Å². The molecule has 0 bridgehead atoms. The zero-order chi connectivity index (χ0) is 17.8. The highest BCUT2D eigenvalue weighted by atomic mass is 35.5. The van der Waals surface area contributed by atoms with Crippen molar-refractivity contribution >= 4 is 46.7 Å². The number of fused-ring (bicyclic) bond motifs is 2. The highest BCUT2D eigenvalue weighted by Gasteiger charge is 2.33. The summed E-state index contributed by atoms with van der Waals surface area (Å²) in [5, 5.41) is 17.8. The molecular formula is C16H6Cl2O6. The second kappa shape index (κ2) is 5.43. The zero-order valence-electron chi connectivity index (χ0n) is 11.6. The van der Waals surface area contributed by atoms with Gasteiger partial charge in [-0.25, -0.2) is 9.59 Å². The number of ketones is 2. The minimum atomic E-state index is -1.35. The van der Waals surface area contributed by atoms with Gasteiger partial charge in [-0.3, -0.25) is 9.59 Å². The number of hydrogen-bond donors (Lipinski definition) is 2. The highest BCUT2D eigenvalue weighted by Crippen LogP contribution is 2.34. The van der Waals surface area contributed by atoms with Crippen LogP contribution in [-0.2, 0) is 0 Å². The molecule has 0 saturated heterocycles. The molecule has 0 spiro atoms. The predicted octanol–water partition coefficient (Wildman–Crippen LogP) is 3.17. The Balaban J connectivity index is 2.30. The molecule has 24 heavy (non-hydrogen) atoms. The summed E-state index contributed by atoms with van der Waals surface area (Å²) in [4.78, 5) is 47.5. The van der Waals surface area contributed by atoms with Gasteiger partial charge in [-0.05, 0) is 24.3 Å². The summed E-state index contributed by atoms with van der Waals surface area (Å²) in [6, 6.07) is 4.25. The van der Waals surface area contributed by atoms with E-state index in [-0.39, 0.29) is 43.4 Å². The number of carbonyl (C=O) groups is 4. The highest BCUT2D eigenvalue weighted by molar-refractivity contribution is 6.38. The summed E-state index contributed by atoms with van der Waals surface area (Å²) in [5.41, 5.74) is -1.05. The lowest BCUT2D eigenvalue weighted by molar-refractivity contribution is 0.0686. The standard InChI is InChI=1S/C16H6Cl2O6/c17-11-3-7-5(1-9(11)15(21)22)13(19)6-2-10(16(23)24)12(18)4-8(6)14(7)20/h1-4H,(H,21,22)(H,23,24). The fourth-order valence-corrected chi connectivity index (χ4v) is 3.00. The van der Waals surface area contributed by atoms with E-state index in [1.54, 1.807) is 0 Å². The van der Waals surface area contributed by atoms with Crippen LogP contribution in [-0.4, -0.2) is 33.7 Å². The SMILES string of the molecule is O=C(O)c1cc2c(cc1Cl)C(=O)c1cc(Cl)c(C(=O)O)cc1C2=O. The molecule has 1 aliphatic carbocycles. The van der Waals surface area contributed by atoms with Crippen LogP contribution in [0.3, 0.4) is 0 Å². The predicted molar refractivity (Wildman–Crippen MR) is 83.7 cm³/mol. The van der Waals surface area contributed by atoms with Crippen LogP contribution in [0, 0.1) is 0 Å². The molecule has 0 radical (unpaired) electrons. The van der Waals surface area contributed by atoms with Crippen molar-refractivity contribution < 1.29 is 29.4 Å². The molecule has 0 aliphatic heterocycles. The lowest BCUT2D eigenvalue weighted by Gasteiger charge is -2.19. The van der Waals surface area contributed by atoms with Crippen molar-refractivity contribution in [3.8, 4) is 0 Å². The number of benzene rings is 2. The smallest absolute Gasteiger partial charge is 0.337 e. The van der Waals surface area contributed by atoms with E-state index in [0.29, 0.717) is 0 Å². The summed E-state index contributed by atoms with van der Waals surface area (Å²) in [6.45, 7) is 0. The lowest BCUT2D eigenvalue weighted by atomic mass is 9.82. The van der Waals surface area contributed by atoms with Crippen molar-refractivity contribution in [3.63, 3.8) is 0 Å². The van der Waals surface area contributed by atoms with Crippen molar-refractivity contribution in [2.45, 2.75) is 0 Å². The van der Waals surface area contributed by atoms with Crippen molar-refractivity contribution in [2.24, 2.45) is 0 Å². The Morgan fingerprint density at radius 3 is 1.25 bits per heavy atom. The van der Waals surface area contributed by atoms with Gasteiger partial charge in [-0.2, -0.15) is 0 Å². The summed E-state index contributed by atoms with van der Waals surface area (Å²) in [6.07, 6.45) is 0. The maximum absolute atomic E-state index is 12.6. The number of rotatable bonds is 2. The third-order valence-electron chi connectivity index (χ3n) is 3.65. The van der Waals surface area contributed by atoms with Gasteiger partial charge in [0.15, 0.2) is 11.6 Å². The van der Waals surface area contributed by atoms with E-state index in [1.807, 2.05) is 0 Å². The first-order valence-electron chi connectivity index (χ1n) is 6.45. The van der Waals surface area contributed by atoms with Gasteiger partial charge in [-0.15, -0.1) is 0 Å². The molecule has 0 atom stereocenters. The molecule has 6 nitrogen and oxygen atoms in total. The van der Waals surface area contributed by atoms with E-state index in [9.17, 15) is 19.2 Å². The third kappa shape index (κ3) is 2.28. The van der Waals surface area contributed by atoms with Crippen LogP contribution in [0.1, 0.15) is 52.6 Å². The number of carboxylic acid groups (broad SMARTS) is 2. The molecule has 0 amide bonds. The first kappa shape index (κ1) is 16.2. The van der Waals surface area contributed by atoms with Crippen molar-refractivity contribution in [1.82, 2.24) is 0 Å². The second-order valence-corrected chi connectivity index (χ2v) is 5.84. The topological polar surface area (TPSA) is 109 Å². The Kier molecular flexibility index (Phi) is 3.66. The van der Waals surface area contributed by atoms with Gasteiger partial charge in [0.2, 0.25) is 0 Å². The molecule has 0 unspecified atom stereocenters. The molecule has 2 N–H and O–H groups in total. The van der Waals surface area contributed by atoms with Crippen LogP contribution in [0.25, 0.3) is 0 Å². The van der Waals surface area contributed by atoms with Crippen LogP contribution in [0.2, 0.25) is 10.0 Å². The molecule has 1 aliphatic rings. The van der Waals surface area contributed by atoms with Gasteiger partial charge in [0.1, 0.15) is 0 Å². The minimum Gasteiger partial charge on any atom is -0.478 e. The quantitative estimate of drug-likeness (QED) is 0.722. The van der Waals surface area contributed by atoms with Gasteiger partial charge in [0.25, 0.3) is 0 Å². The van der Waals surface area contributed by atoms with E-state index in [0.717, 1.165) is 24.3 Å². The van der Waals surface area contributed by atoms with Gasteiger partial charge in [0, 0.05) is 22.3 Å². The van der Waals surface area contributed by atoms with E-state index in [4.69, 9.17) is 33.4 Å². The maximum atomic E-state index is 12.6. The normalized spacial score (nSPS) is 12.6. The van der Waals surface area contributed by atoms with Crippen molar-refractivity contribution in [2.75, 3.05) is 0 Å². The molecule has 0 saturated carbocycles. The van der Waals surface area contributed by atoms with Gasteiger partial charge < -0.3 is 10.2 Å². The van der Waals surface area contributed by atoms with Gasteiger partial charge >= 0.3 is 11.9 Å². The Morgan fingerprint density at radius 2 is 0.958 bits per heavy atom. The summed E-state index contributed by atoms with van der Waals surface area (Å²) in [7, 11) is 0. The molecule has 2 aromatic rings. The second-order valence-electron chi connectivity index (χ2n) is 5.02. The first-order valence-corrected chi connectivity index (χ1v) is 7.21. The van der Waals surface area contributed by atoms with Gasteiger partial charge in [0.05, 0.1) is 21.2 Å². The van der Waals surface area contributed by atoms with E-state index >= 15 is 0 Å². The average molecular weight is 365 g/mol. The molecule has 0 fully saturated rings. The Hall–Kier alpha value is -2.70. The zero-order valence-corrected chi connectivity index (χ0v) is 13.1. The number of hydrogen-bond acceptors (Lipinski definition) is 4. The van der Waals surface area contributed by atoms with E-state index < -0.39 is 23.5 Å². The first-order chi connectivity index (χ1) is 11.2. The maximum Gasteiger partial charge on any atom is 0.337 e. The summed E-state index contributed by atoms with van der Waals surface area (Å²) >= 11 is 11.7. The molecule has 0 aromatic heterocycles. The fourth-order valence-electron chi connectivity index (χ4n) is 2.52. The number of carboxylic acids is 2. The van der Waals surface area contributed by atoms with E-state index in [2.05, 4.69) is 0 Å². The molecule has 120 valence electrons. The summed E-state index contributed by atoms with van der Waals surface area (Å²) < 4.78 is 0.